The number of hydrogen-bond donors (Lipinski definition) is 3. The van der Waals surface area contributed by atoms with Crippen LogP contribution in [0.15, 0.2) is 0 Å². The minimum absolute atomic E-state index is 0.245. The zero-order valence-electron chi connectivity index (χ0n) is 6.48. The van der Waals surface area contributed by atoms with Gasteiger partial charge in [0.25, 0.3) is 0 Å². The van der Waals surface area contributed by atoms with Gasteiger partial charge in [0.1, 0.15) is 0 Å². The zero-order valence-corrected chi connectivity index (χ0v) is 6.48. The van der Waals surface area contributed by atoms with Gasteiger partial charge in [-0.05, 0) is 0 Å². The van der Waals surface area contributed by atoms with E-state index in [1.807, 2.05) is 6.92 Å². The number of hydrogen-bond acceptors (Lipinski definition) is 2. The zero-order chi connectivity index (χ0) is 8.57. The fraction of sp³-hybridized carbons (Fsp3) is 0.667. The van der Waals surface area contributed by atoms with E-state index in [0.717, 1.165) is 0 Å². The van der Waals surface area contributed by atoms with E-state index >= 15 is 0 Å². The Labute approximate surface area is 61.1 Å². The van der Waals surface area contributed by atoms with Crippen molar-refractivity contribution in [1.82, 2.24) is 0 Å². The molecule has 60 valence electrons. The van der Waals surface area contributed by atoms with E-state index in [9.17, 15) is 4.79 Å². The molecule has 0 heterocycles. The van der Waals surface area contributed by atoms with E-state index in [2.05, 4.69) is 5.73 Å². The van der Waals surface area contributed by atoms with Gasteiger partial charge in [0.05, 0.1) is 5.84 Å². The molecule has 0 radical (unpaired) electrons. The second-order valence-corrected chi connectivity index (χ2v) is 1.70. The van der Waals surface area contributed by atoms with E-state index in [1.54, 1.807) is 6.92 Å². The second-order valence-electron chi connectivity index (χ2n) is 1.70. The Bertz CT molecular complexity index is 97.6. The van der Waals surface area contributed by atoms with Crippen molar-refractivity contribution in [3.05, 3.63) is 0 Å². The van der Waals surface area contributed by atoms with Crippen molar-refractivity contribution >= 4 is 11.7 Å². The molecule has 0 saturated carbocycles. The summed E-state index contributed by atoms with van der Waals surface area (Å²) in [6.45, 7) is 3.57. The molecule has 0 unspecified atom stereocenters. The number of nitrogens with two attached hydrogens (primary N) is 2. The number of amidine groups is 1. The van der Waals surface area contributed by atoms with Crippen molar-refractivity contribution in [1.29, 1.82) is 5.41 Å². The highest BCUT2D eigenvalue weighted by Crippen LogP contribution is 1.64. The Morgan fingerprint density at radius 1 is 1.30 bits per heavy atom. The lowest BCUT2D eigenvalue weighted by atomic mass is 10.5. The van der Waals surface area contributed by atoms with E-state index in [1.165, 1.54) is 0 Å². The molecule has 0 bridgehead atoms. The fourth-order valence-electron chi connectivity index (χ4n) is 0. The third-order valence-corrected chi connectivity index (χ3v) is 0.729. The van der Waals surface area contributed by atoms with Gasteiger partial charge in [-0.1, -0.05) is 13.8 Å². The Hall–Kier alpha value is -1.06. The van der Waals surface area contributed by atoms with Gasteiger partial charge in [-0.3, -0.25) is 10.2 Å². The largest absolute Gasteiger partial charge is 0.388 e. The summed E-state index contributed by atoms with van der Waals surface area (Å²) < 4.78 is 0. The monoisotopic (exact) mass is 145 g/mol. The first-order valence-corrected chi connectivity index (χ1v) is 3.15. The number of amides is 1. The molecule has 0 aliphatic rings. The highest BCUT2D eigenvalue weighted by atomic mass is 16.1. The highest BCUT2D eigenvalue weighted by molar-refractivity contribution is 5.76. The Kier molecular flexibility index (Phi) is 9.29. The summed E-state index contributed by atoms with van der Waals surface area (Å²) in [6.07, 6.45) is 1.11. The highest BCUT2D eigenvalue weighted by Gasteiger charge is 1.77. The van der Waals surface area contributed by atoms with Crippen LogP contribution in [-0.4, -0.2) is 11.7 Å². The maximum Gasteiger partial charge on any atom is 0.217 e. The molecule has 4 nitrogen and oxygen atoms in total. The summed E-state index contributed by atoms with van der Waals surface area (Å²) in [6, 6.07) is 0. The van der Waals surface area contributed by atoms with Crippen molar-refractivity contribution in [2.24, 2.45) is 11.5 Å². The first-order chi connectivity index (χ1) is 4.54. The fourth-order valence-corrected chi connectivity index (χ4v) is 0. The first-order valence-electron chi connectivity index (χ1n) is 3.15. The average molecular weight is 145 g/mol. The number of rotatable bonds is 2. The molecule has 0 aromatic rings. The van der Waals surface area contributed by atoms with Gasteiger partial charge in [-0.2, -0.15) is 0 Å². The molecule has 0 rings (SSSR count). The Morgan fingerprint density at radius 2 is 1.50 bits per heavy atom. The summed E-state index contributed by atoms with van der Waals surface area (Å²) in [5.74, 6) is 0.00926. The van der Waals surface area contributed by atoms with Gasteiger partial charge in [0, 0.05) is 12.8 Å². The predicted molar refractivity (Wildman–Crippen MR) is 41.7 cm³/mol. The summed E-state index contributed by atoms with van der Waals surface area (Å²) in [7, 11) is 0. The second kappa shape index (κ2) is 7.94. The van der Waals surface area contributed by atoms with E-state index in [0.29, 0.717) is 12.8 Å². The van der Waals surface area contributed by atoms with E-state index in [-0.39, 0.29) is 11.7 Å². The van der Waals surface area contributed by atoms with Crippen molar-refractivity contribution < 1.29 is 4.79 Å². The molecule has 4 heteroatoms. The molecule has 0 saturated heterocycles. The standard InChI is InChI=1S/C3H8N2.C3H7NO/c2*1-2-3(4)5/h2H2,1H3,(H3,4,5);2H2,1H3,(H2,4,5). The molecule has 0 aromatic heterocycles. The number of carbonyl (C=O) groups excluding carboxylic acids is 1. The van der Waals surface area contributed by atoms with Gasteiger partial charge >= 0.3 is 0 Å². The van der Waals surface area contributed by atoms with Gasteiger partial charge in [0.15, 0.2) is 0 Å². The Balaban J connectivity index is 0. The normalized spacial score (nSPS) is 7.40. The molecule has 10 heavy (non-hydrogen) atoms. The van der Waals surface area contributed by atoms with Gasteiger partial charge in [-0.15, -0.1) is 0 Å². The number of nitrogens with one attached hydrogen (secondary N) is 1. The molecule has 1 amide bonds. The van der Waals surface area contributed by atoms with Crippen LogP contribution in [-0.2, 0) is 4.79 Å². The quantitative estimate of drug-likeness (QED) is 0.383. The molecule has 5 N–H and O–H groups in total. The van der Waals surface area contributed by atoms with Gasteiger partial charge < -0.3 is 11.5 Å². The van der Waals surface area contributed by atoms with Crippen LogP contribution in [0.3, 0.4) is 0 Å². The van der Waals surface area contributed by atoms with Crippen LogP contribution in [0.5, 0.6) is 0 Å². The lowest BCUT2D eigenvalue weighted by Crippen LogP contribution is -2.06. The van der Waals surface area contributed by atoms with Crippen LogP contribution in [0.4, 0.5) is 0 Å². The van der Waals surface area contributed by atoms with Crippen molar-refractivity contribution in [3.8, 4) is 0 Å². The Morgan fingerprint density at radius 3 is 1.50 bits per heavy atom. The van der Waals surface area contributed by atoms with Crippen molar-refractivity contribution in [2.75, 3.05) is 0 Å². The van der Waals surface area contributed by atoms with E-state index in [4.69, 9.17) is 11.1 Å². The third kappa shape index (κ3) is 28.3. The maximum absolute atomic E-state index is 9.59. The molecule has 0 aliphatic heterocycles. The van der Waals surface area contributed by atoms with Crippen LogP contribution < -0.4 is 11.5 Å². The third-order valence-electron chi connectivity index (χ3n) is 0.729. The van der Waals surface area contributed by atoms with Crippen LogP contribution in [0.2, 0.25) is 0 Å². The topological polar surface area (TPSA) is 93.0 Å². The number of primary amides is 1. The minimum atomic E-state index is -0.245. The lowest BCUT2D eigenvalue weighted by molar-refractivity contribution is -0.117. The molecule has 0 spiro atoms. The van der Waals surface area contributed by atoms with E-state index < -0.39 is 0 Å². The summed E-state index contributed by atoms with van der Waals surface area (Å²) >= 11 is 0. The smallest absolute Gasteiger partial charge is 0.217 e. The summed E-state index contributed by atoms with van der Waals surface area (Å²) in [4.78, 5) is 9.59. The first kappa shape index (κ1) is 11.7. The van der Waals surface area contributed by atoms with Gasteiger partial charge in [-0.25, -0.2) is 0 Å². The molecular weight excluding hydrogens is 130 g/mol. The molecule has 0 aliphatic carbocycles. The maximum atomic E-state index is 9.59. The van der Waals surface area contributed by atoms with Crippen LogP contribution in [0.1, 0.15) is 26.7 Å². The average Bonchev–Trinajstić information content (AvgIpc) is 1.89. The molecular formula is C6H15N3O. The van der Waals surface area contributed by atoms with Crippen LogP contribution in [0.25, 0.3) is 0 Å². The molecule has 0 fully saturated rings. The predicted octanol–water partition coefficient (Wildman–Crippen LogP) is 0.214. The number of carbonyl (C=O) groups is 1. The summed E-state index contributed by atoms with van der Waals surface area (Å²) in [5, 5.41) is 6.52. The van der Waals surface area contributed by atoms with Crippen molar-refractivity contribution in [3.63, 3.8) is 0 Å². The van der Waals surface area contributed by atoms with Gasteiger partial charge in [0.2, 0.25) is 5.91 Å². The lowest BCUT2D eigenvalue weighted by Gasteiger charge is -1.79. The molecule has 0 aromatic carbocycles. The minimum Gasteiger partial charge on any atom is -0.388 e. The SMILES string of the molecule is CCC(=N)N.CCC(N)=O. The molecule has 0 atom stereocenters. The van der Waals surface area contributed by atoms with Crippen LogP contribution in [0, 0.1) is 5.41 Å². The van der Waals surface area contributed by atoms with Crippen LogP contribution >= 0.6 is 0 Å². The summed E-state index contributed by atoms with van der Waals surface area (Å²) in [5.41, 5.74) is 9.53. The van der Waals surface area contributed by atoms with Crippen molar-refractivity contribution in [2.45, 2.75) is 26.7 Å².